The lowest BCUT2D eigenvalue weighted by molar-refractivity contribution is 0.401. The number of hydrogen-bond donors (Lipinski definition) is 1. The van der Waals surface area contributed by atoms with E-state index in [0.717, 1.165) is 25.7 Å². The van der Waals surface area contributed by atoms with Gasteiger partial charge in [-0.2, -0.15) is 0 Å². The number of para-hydroxylation sites is 4. The summed E-state index contributed by atoms with van der Waals surface area (Å²) in [5.74, 6) is 0. The minimum atomic E-state index is -0.0876. The summed E-state index contributed by atoms with van der Waals surface area (Å²) in [6, 6.07) is 73.5. The standard InChI is InChI=1S/C74H85N3/c1-5-9-13-29-49-73(50-30-14-10-6-2)69-53-57(41-45-65(69)67-47-43-63(55-71(67)73)76(59-33-21-17-22-34-59)60-35-23-18-24-36-60)75-58-42-46-66-68-48-44-64(77(61-37-25-19-26-38-61)62-39-27-20-28-40-62)56-72(68)74(70(66)54-58,51-31-15-11-7-3)52-32-16-12-8-4/h17-28,33-48,53-56,75H,5-16,29-32,49-52H2,1-4H3. The normalized spacial score (nSPS) is 13.4. The second-order valence-corrected chi connectivity index (χ2v) is 22.5. The van der Waals surface area contributed by atoms with E-state index in [1.165, 1.54) is 193 Å². The van der Waals surface area contributed by atoms with Gasteiger partial charge in [-0.25, -0.2) is 0 Å². The Morgan fingerprint density at radius 2 is 0.545 bits per heavy atom. The largest absolute Gasteiger partial charge is 0.356 e. The molecule has 10 rings (SSSR count). The first kappa shape index (κ1) is 53.6. The third kappa shape index (κ3) is 11.4. The fraction of sp³-hybridized carbons (Fsp3) is 0.351. The molecule has 0 saturated carbocycles. The number of fused-ring (bicyclic) bond motifs is 6. The number of benzene rings is 8. The number of nitrogens with zero attached hydrogens (tertiary/aromatic N) is 2. The van der Waals surface area contributed by atoms with Gasteiger partial charge in [0, 0.05) is 56.3 Å². The van der Waals surface area contributed by atoms with Crippen LogP contribution >= 0.6 is 0 Å². The van der Waals surface area contributed by atoms with Crippen LogP contribution in [-0.2, 0) is 10.8 Å². The molecule has 0 aromatic heterocycles. The van der Waals surface area contributed by atoms with Crippen LogP contribution in [0.5, 0.6) is 0 Å². The Kier molecular flexibility index (Phi) is 17.8. The average Bonchev–Trinajstić information content (AvgIpc) is 3.97. The Balaban J connectivity index is 1.07. The molecule has 0 bridgehead atoms. The summed E-state index contributed by atoms with van der Waals surface area (Å²) < 4.78 is 0. The van der Waals surface area contributed by atoms with Gasteiger partial charge in [0.1, 0.15) is 0 Å². The molecular weight excluding hydrogens is 931 g/mol. The number of hydrogen-bond acceptors (Lipinski definition) is 3. The highest BCUT2D eigenvalue weighted by atomic mass is 15.1. The van der Waals surface area contributed by atoms with Crippen LogP contribution in [0.2, 0.25) is 0 Å². The molecule has 2 aliphatic carbocycles. The first-order valence-corrected chi connectivity index (χ1v) is 30.2. The molecule has 0 amide bonds. The molecule has 8 aromatic rings. The molecule has 77 heavy (non-hydrogen) atoms. The van der Waals surface area contributed by atoms with Gasteiger partial charge < -0.3 is 15.1 Å². The van der Waals surface area contributed by atoms with E-state index in [1.807, 2.05) is 0 Å². The molecule has 0 saturated heterocycles. The number of nitrogens with one attached hydrogen (secondary N) is 1. The maximum Gasteiger partial charge on any atom is 0.0465 e. The van der Waals surface area contributed by atoms with Gasteiger partial charge in [0.15, 0.2) is 0 Å². The summed E-state index contributed by atoms with van der Waals surface area (Å²) in [5.41, 5.74) is 21.1. The van der Waals surface area contributed by atoms with Crippen LogP contribution in [0.4, 0.5) is 45.5 Å². The molecule has 0 heterocycles. The van der Waals surface area contributed by atoms with Gasteiger partial charge in [-0.15, -0.1) is 0 Å². The fourth-order valence-electron chi connectivity index (χ4n) is 13.5. The van der Waals surface area contributed by atoms with Crippen LogP contribution < -0.4 is 15.1 Å². The van der Waals surface area contributed by atoms with Crippen molar-refractivity contribution in [2.45, 2.75) is 167 Å². The monoisotopic (exact) mass is 1020 g/mol. The molecule has 0 atom stereocenters. The Bertz CT molecular complexity index is 2810. The maximum atomic E-state index is 4.13. The lowest BCUT2D eigenvalue weighted by Crippen LogP contribution is -2.26. The Morgan fingerprint density at radius 1 is 0.273 bits per heavy atom. The SMILES string of the molecule is CCCCCCC1(CCCCCC)c2cc(Nc3ccc4c(c3)C(CCCCCC)(CCCCCC)c3cc(N(c5ccccc5)c5ccccc5)ccc3-4)ccc2-c2ccc(N(c3ccccc3)c3ccccc3)cc21. The van der Waals surface area contributed by atoms with Gasteiger partial charge in [0.25, 0.3) is 0 Å². The van der Waals surface area contributed by atoms with E-state index in [2.05, 4.69) is 237 Å². The van der Waals surface area contributed by atoms with Crippen molar-refractivity contribution in [1.82, 2.24) is 0 Å². The summed E-state index contributed by atoms with van der Waals surface area (Å²) in [7, 11) is 0. The van der Waals surface area contributed by atoms with Crippen LogP contribution in [0.15, 0.2) is 194 Å². The third-order valence-electron chi connectivity index (χ3n) is 17.4. The summed E-state index contributed by atoms with van der Waals surface area (Å²) >= 11 is 0. The maximum absolute atomic E-state index is 4.13. The predicted octanol–water partition coefficient (Wildman–Crippen LogP) is 22.8. The summed E-state index contributed by atoms with van der Waals surface area (Å²) in [6.07, 6.45) is 24.7. The third-order valence-corrected chi connectivity index (χ3v) is 17.4. The van der Waals surface area contributed by atoms with Crippen LogP contribution in [0.3, 0.4) is 0 Å². The molecule has 0 aliphatic heterocycles. The highest BCUT2D eigenvalue weighted by Crippen LogP contribution is 2.58. The molecule has 3 heteroatoms. The number of anilines is 8. The lowest BCUT2D eigenvalue weighted by Gasteiger charge is -2.35. The van der Waals surface area contributed by atoms with Crippen molar-refractivity contribution < 1.29 is 0 Å². The van der Waals surface area contributed by atoms with Crippen molar-refractivity contribution in [3.8, 4) is 22.3 Å². The lowest BCUT2D eigenvalue weighted by atomic mass is 9.70. The van der Waals surface area contributed by atoms with Crippen molar-refractivity contribution in [1.29, 1.82) is 0 Å². The highest BCUT2D eigenvalue weighted by Gasteiger charge is 2.45. The van der Waals surface area contributed by atoms with E-state index >= 15 is 0 Å². The van der Waals surface area contributed by atoms with Crippen LogP contribution in [0.1, 0.15) is 178 Å². The van der Waals surface area contributed by atoms with Crippen molar-refractivity contribution >= 4 is 45.5 Å². The smallest absolute Gasteiger partial charge is 0.0465 e. The second-order valence-electron chi connectivity index (χ2n) is 22.5. The Morgan fingerprint density at radius 3 is 0.831 bits per heavy atom. The van der Waals surface area contributed by atoms with E-state index in [9.17, 15) is 0 Å². The van der Waals surface area contributed by atoms with Crippen LogP contribution in [0, 0.1) is 0 Å². The van der Waals surface area contributed by atoms with Crippen molar-refractivity contribution in [2.24, 2.45) is 0 Å². The van der Waals surface area contributed by atoms with Gasteiger partial charge in [-0.05, 0) is 167 Å². The van der Waals surface area contributed by atoms with Gasteiger partial charge >= 0.3 is 0 Å². The van der Waals surface area contributed by atoms with Crippen LogP contribution in [-0.4, -0.2) is 0 Å². The zero-order chi connectivity index (χ0) is 52.9. The second kappa shape index (κ2) is 25.5. The molecule has 8 aromatic carbocycles. The Labute approximate surface area is 463 Å². The molecular formula is C74H85N3. The Hall–Kier alpha value is -6.84. The zero-order valence-corrected chi connectivity index (χ0v) is 47.0. The minimum Gasteiger partial charge on any atom is -0.356 e. The van der Waals surface area contributed by atoms with Gasteiger partial charge in [0.05, 0.1) is 0 Å². The van der Waals surface area contributed by atoms with Crippen molar-refractivity contribution in [3.63, 3.8) is 0 Å². The molecule has 2 aliphatic rings. The summed E-state index contributed by atoms with van der Waals surface area (Å²) in [6.45, 7) is 9.37. The molecule has 0 unspecified atom stereocenters. The topological polar surface area (TPSA) is 18.5 Å². The first-order chi connectivity index (χ1) is 38.0. The van der Waals surface area contributed by atoms with Gasteiger partial charge in [-0.3, -0.25) is 0 Å². The van der Waals surface area contributed by atoms with E-state index in [1.54, 1.807) is 0 Å². The summed E-state index contributed by atoms with van der Waals surface area (Å²) in [5, 5.41) is 4.13. The van der Waals surface area contributed by atoms with E-state index < -0.39 is 0 Å². The van der Waals surface area contributed by atoms with E-state index in [-0.39, 0.29) is 10.8 Å². The van der Waals surface area contributed by atoms with Crippen molar-refractivity contribution in [2.75, 3.05) is 15.1 Å². The van der Waals surface area contributed by atoms with Gasteiger partial charge in [0.2, 0.25) is 0 Å². The van der Waals surface area contributed by atoms with Crippen molar-refractivity contribution in [3.05, 3.63) is 216 Å². The van der Waals surface area contributed by atoms with Gasteiger partial charge in [-0.1, -0.05) is 227 Å². The average molecular weight is 1020 g/mol. The minimum absolute atomic E-state index is 0.0876. The molecule has 3 nitrogen and oxygen atoms in total. The fourth-order valence-corrected chi connectivity index (χ4v) is 13.5. The number of unbranched alkanes of at least 4 members (excludes halogenated alkanes) is 12. The van der Waals surface area contributed by atoms with E-state index in [0.29, 0.717) is 0 Å². The molecule has 1 N–H and O–H groups in total. The predicted molar refractivity (Wildman–Crippen MR) is 333 cm³/mol. The van der Waals surface area contributed by atoms with Crippen LogP contribution in [0.25, 0.3) is 22.3 Å². The quantitative estimate of drug-likeness (QED) is 0.0493. The number of rotatable bonds is 28. The summed E-state index contributed by atoms with van der Waals surface area (Å²) in [4.78, 5) is 4.91. The first-order valence-electron chi connectivity index (χ1n) is 30.2. The molecule has 0 radical (unpaired) electrons. The highest BCUT2D eigenvalue weighted by molar-refractivity contribution is 5.89. The molecule has 0 fully saturated rings. The van der Waals surface area contributed by atoms with E-state index in [4.69, 9.17) is 0 Å². The molecule has 396 valence electrons. The zero-order valence-electron chi connectivity index (χ0n) is 47.0. The molecule has 0 spiro atoms.